The van der Waals surface area contributed by atoms with Crippen molar-refractivity contribution in [1.29, 1.82) is 0 Å². The molecule has 1 atom stereocenters. The second-order valence-corrected chi connectivity index (χ2v) is 6.11. The van der Waals surface area contributed by atoms with Crippen LogP contribution >= 0.6 is 0 Å². The van der Waals surface area contributed by atoms with E-state index in [0.29, 0.717) is 5.69 Å². The smallest absolute Gasteiger partial charge is 0.286 e. The number of hydrogen-bond donors (Lipinski definition) is 1. The monoisotopic (exact) mass is 334 g/mol. The molecule has 124 valence electrons. The molecule has 2 aliphatic rings. The summed E-state index contributed by atoms with van der Waals surface area (Å²) < 4.78 is 0. The van der Waals surface area contributed by atoms with Crippen LogP contribution in [-0.2, 0) is 4.79 Å². The highest BCUT2D eigenvalue weighted by molar-refractivity contribution is 6.35. The van der Waals surface area contributed by atoms with E-state index in [1.54, 1.807) is 42.5 Å². The number of ketones is 2. The fourth-order valence-electron chi connectivity index (χ4n) is 3.39. The molecule has 4 rings (SSSR count). The van der Waals surface area contributed by atoms with E-state index in [4.69, 9.17) is 0 Å². The molecule has 0 saturated carbocycles. The number of nitrogens with zero attached hydrogens (tertiary/aromatic N) is 2. The number of Topliss-reactive ketones (excluding diaryl/α,β-unsaturated/α-hetero) is 2. The summed E-state index contributed by atoms with van der Waals surface area (Å²) in [5, 5.41) is 16.3. The van der Waals surface area contributed by atoms with Crippen molar-refractivity contribution in [3.63, 3.8) is 0 Å². The second-order valence-electron chi connectivity index (χ2n) is 6.11. The molecule has 1 N–H and O–H groups in total. The number of aliphatic hydroxyl groups is 1. The Balaban J connectivity index is 1.79. The van der Waals surface area contributed by atoms with Gasteiger partial charge in [-0.15, -0.1) is 0 Å². The van der Waals surface area contributed by atoms with Gasteiger partial charge in [0, 0.05) is 11.1 Å². The van der Waals surface area contributed by atoms with E-state index in [-0.39, 0.29) is 16.8 Å². The van der Waals surface area contributed by atoms with Crippen LogP contribution in [0.15, 0.2) is 59.7 Å². The normalized spacial score (nSPS) is 23.2. The highest BCUT2D eigenvalue weighted by Crippen LogP contribution is 2.39. The number of hydrazone groups is 1. The largest absolute Gasteiger partial charge is 0.373 e. The van der Waals surface area contributed by atoms with Crippen LogP contribution in [0.2, 0.25) is 0 Å². The van der Waals surface area contributed by atoms with Crippen LogP contribution in [0.4, 0.5) is 5.69 Å². The summed E-state index contributed by atoms with van der Waals surface area (Å²) in [6.45, 7) is 1.45. The number of para-hydroxylation sites is 1. The number of carbonyl (C=O) groups is 3. The maximum atomic E-state index is 12.9. The van der Waals surface area contributed by atoms with Crippen molar-refractivity contribution in [2.24, 2.45) is 11.0 Å². The first-order chi connectivity index (χ1) is 12.0. The van der Waals surface area contributed by atoms with E-state index >= 15 is 0 Å². The third-order valence-corrected chi connectivity index (χ3v) is 4.72. The molecule has 6 heteroatoms. The number of carbonyl (C=O) groups excluding carboxylic acids is 3. The van der Waals surface area contributed by atoms with Gasteiger partial charge in [-0.3, -0.25) is 14.4 Å². The average Bonchev–Trinajstić information content (AvgIpc) is 3.02. The predicted octanol–water partition coefficient (Wildman–Crippen LogP) is 1.84. The lowest BCUT2D eigenvalue weighted by Gasteiger charge is -2.26. The standard InChI is InChI=1S/C19H14N2O4/c1-11-19(25,18(24)21(20-11)12-7-3-2-4-8-12)15-16(22)13-9-5-6-10-14(13)17(15)23/h2-10,15,25H,1H3. The van der Waals surface area contributed by atoms with Crippen molar-refractivity contribution in [2.45, 2.75) is 12.5 Å². The average molecular weight is 334 g/mol. The number of benzene rings is 2. The first-order valence-electron chi connectivity index (χ1n) is 7.81. The van der Waals surface area contributed by atoms with Crippen LogP contribution in [0.25, 0.3) is 0 Å². The summed E-state index contributed by atoms with van der Waals surface area (Å²) in [5.41, 5.74) is -1.34. The van der Waals surface area contributed by atoms with Gasteiger partial charge in [0.25, 0.3) is 5.91 Å². The number of anilines is 1. The van der Waals surface area contributed by atoms with E-state index < -0.39 is 29.0 Å². The van der Waals surface area contributed by atoms with Crippen molar-refractivity contribution in [1.82, 2.24) is 0 Å². The Hall–Kier alpha value is -3.12. The fraction of sp³-hybridized carbons (Fsp3) is 0.158. The molecule has 6 nitrogen and oxygen atoms in total. The molecular weight excluding hydrogens is 320 g/mol. The first-order valence-corrected chi connectivity index (χ1v) is 7.81. The first kappa shape index (κ1) is 15.4. The second kappa shape index (κ2) is 5.19. The van der Waals surface area contributed by atoms with E-state index in [9.17, 15) is 19.5 Å². The highest BCUT2D eigenvalue weighted by Gasteiger charge is 2.61. The van der Waals surface area contributed by atoms with Gasteiger partial charge in [0.05, 0.1) is 11.4 Å². The predicted molar refractivity (Wildman–Crippen MR) is 90.6 cm³/mol. The summed E-state index contributed by atoms with van der Waals surface area (Å²) >= 11 is 0. The number of rotatable bonds is 2. The lowest BCUT2D eigenvalue weighted by atomic mass is 9.80. The molecule has 1 aliphatic carbocycles. The van der Waals surface area contributed by atoms with Crippen molar-refractivity contribution in [3.05, 3.63) is 65.7 Å². The number of amides is 1. The van der Waals surface area contributed by atoms with Gasteiger partial charge in [0.2, 0.25) is 5.60 Å². The van der Waals surface area contributed by atoms with Gasteiger partial charge in [0.1, 0.15) is 5.92 Å². The minimum atomic E-state index is -2.27. The number of hydrogen-bond acceptors (Lipinski definition) is 5. The van der Waals surface area contributed by atoms with Gasteiger partial charge < -0.3 is 5.11 Å². The molecule has 1 heterocycles. The van der Waals surface area contributed by atoms with Gasteiger partial charge in [0.15, 0.2) is 11.6 Å². The van der Waals surface area contributed by atoms with Crippen molar-refractivity contribution in [2.75, 3.05) is 5.01 Å². The Kier molecular flexibility index (Phi) is 3.20. The summed E-state index contributed by atoms with van der Waals surface area (Å²) in [6, 6.07) is 14.9. The zero-order chi connectivity index (χ0) is 17.8. The van der Waals surface area contributed by atoms with E-state index in [2.05, 4.69) is 5.10 Å². The summed E-state index contributed by atoms with van der Waals surface area (Å²) in [4.78, 5) is 38.4. The molecule has 2 aromatic carbocycles. The molecule has 0 radical (unpaired) electrons. The molecule has 1 amide bonds. The Morgan fingerprint density at radius 1 is 0.920 bits per heavy atom. The zero-order valence-electron chi connectivity index (χ0n) is 13.3. The van der Waals surface area contributed by atoms with Gasteiger partial charge in [-0.05, 0) is 19.1 Å². The molecule has 1 unspecified atom stereocenters. The molecule has 0 fully saturated rings. The highest BCUT2D eigenvalue weighted by atomic mass is 16.3. The Morgan fingerprint density at radius 3 is 2.00 bits per heavy atom. The van der Waals surface area contributed by atoms with Crippen LogP contribution in [0.5, 0.6) is 0 Å². The van der Waals surface area contributed by atoms with Gasteiger partial charge in [-0.2, -0.15) is 10.1 Å². The molecule has 2 aromatic rings. The molecule has 0 aromatic heterocycles. The molecule has 25 heavy (non-hydrogen) atoms. The summed E-state index contributed by atoms with van der Waals surface area (Å²) in [7, 11) is 0. The molecule has 1 aliphatic heterocycles. The fourth-order valence-corrected chi connectivity index (χ4v) is 3.39. The van der Waals surface area contributed by atoms with Crippen molar-refractivity contribution >= 4 is 28.9 Å². The van der Waals surface area contributed by atoms with Gasteiger partial charge in [-0.25, -0.2) is 0 Å². The Morgan fingerprint density at radius 2 is 1.44 bits per heavy atom. The van der Waals surface area contributed by atoms with Crippen LogP contribution in [-0.4, -0.2) is 33.9 Å². The van der Waals surface area contributed by atoms with Crippen LogP contribution in [0.3, 0.4) is 0 Å². The quantitative estimate of drug-likeness (QED) is 0.849. The minimum Gasteiger partial charge on any atom is -0.373 e. The van der Waals surface area contributed by atoms with E-state index in [0.717, 1.165) is 5.01 Å². The van der Waals surface area contributed by atoms with Crippen LogP contribution in [0.1, 0.15) is 27.6 Å². The van der Waals surface area contributed by atoms with Gasteiger partial charge >= 0.3 is 0 Å². The van der Waals surface area contributed by atoms with Crippen molar-refractivity contribution in [3.8, 4) is 0 Å². The zero-order valence-corrected chi connectivity index (χ0v) is 13.3. The third kappa shape index (κ3) is 1.94. The van der Waals surface area contributed by atoms with E-state index in [1.165, 1.54) is 19.1 Å². The lowest BCUT2D eigenvalue weighted by Crippen LogP contribution is -2.55. The summed E-state index contributed by atoms with van der Waals surface area (Å²) in [5.74, 6) is -3.41. The van der Waals surface area contributed by atoms with Crippen molar-refractivity contribution < 1.29 is 19.5 Å². The SMILES string of the molecule is CC1=NN(c2ccccc2)C(=O)C1(O)C1C(=O)c2ccccc2C1=O. The Labute approximate surface area is 143 Å². The molecular formula is C19H14N2O4. The molecule has 0 saturated heterocycles. The van der Waals surface area contributed by atoms with Crippen LogP contribution in [0, 0.1) is 5.92 Å². The number of fused-ring (bicyclic) bond motifs is 1. The molecule has 0 bridgehead atoms. The molecule has 0 spiro atoms. The third-order valence-electron chi connectivity index (χ3n) is 4.72. The Bertz CT molecular complexity index is 916. The van der Waals surface area contributed by atoms with E-state index in [1.807, 2.05) is 0 Å². The summed E-state index contributed by atoms with van der Waals surface area (Å²) in [6.07, 6.45) is 0. The van der Waals surface area contributed by atoms with Gasteiger partial charge in [-0.1, -0.05) is 42.5 Å². The maximum absolute atomic E-state index is 12.9. The van der Waals surface area contributed by atoms with Crippen LogP contribution < -0.4 is 5.01 Å². The topological polar surface area (TPSA) is 87.0 Å². The minimum absolute atomic E-state index is 0.0286. The maximum Gasteiger partial charge on any atom is 0.286 e. The lowest BCUT2D eigenvalue weighted by molar-refractivity contribution is -0.131.